The number of hydrogen-bond donors (Lipinski definition) is 2. The van der Waals surface area contributed by atoms with Crippen molar-refractivity contribution in [3.63, 3.8) is 0 Å². The zero-order valence-corrected chi connectivity index (χ0v) is 13.0. The summed E-state index contributed by atoms with van der Waals surface area (Å²) >= 11 is 0. The Morgan fingerprint density at radius 3 is 2.62 bits per heavy atom. The molecule has 0 unspecified atom stereocenters. The summed E-state index contributed by atoms with van der Waals surface area (Å²) in [4.78, 5) is 33.0. The monoisotopic (exact) mass is 333 g/mol. The molecule has 2 N–H and O–H groups in total. The molecule has 126 valence electrons. The highest BCUT2D eigenvalue weighted by molar-refractivity contribution is 5.93. The molecule has 0 saturated carbocycles. The zero-order valence-electron chi connectivity index (χ0n) is 13.0. The number of hydrazine groups is 1. The fourth-order valence-corrected chi connectivity index (χ4v) is 1.78. The molecular formula is C15H15N3O6. The third kappa shape index (κ3) is 4.32. The van der Waals surface area contributed by atoms with Crippen molar-refractivity contribution in [2.45, 2.75) is 13.8 Å². The summed E-state index contributed by atoms with van der Waals surface area (Å²) in [5, 5.41) is 10.5. The van der Waals surface area contributed by atoms with Crippen LogP contribution in [0.15, 0.2) is 34.7 Å². The van der Waals surface area contributed by atoms with Crippen LogP contribution in [0.1, 0.15) is 21.7 Å². The van der Waals surface area contributed by atoms with Gasteiger partial charge in [-0.25, -0.2) is 0 Å². The highest BCUT2D eigenvalue weighted by Gasteiger charge is 2.17. The fourth-order valence-electron chi connectivity index (χ4n) is 1.78. The molecule has 9 nitrogen and oxygen atoms in total. The molecule has 2 rings (SSSR count). The van der Waals surface area contributed by atoms with Crippen LogP contribution >= 0.6 is 0 Å². The number of ether oxygens (including phenoxy) is 1. The van der Waals surface area contributed by atoms with Crippen LogP contribution in [-0.2, 0) is 4.79 Å². The summed E-state index contributed by atoms with van der Waals surface area (Å²) < 4.78 is 10.1. The Bertz CT molecular complexity index is 783. The van der Waals surface area contributed by atoms with Gasteiger partial charge in [-0.05, 0) is 37.1 Å². The maximum absolute atomic E-state index is 11.7. The second-order valence-electron chi connectivity index (χ2n) is 4.95. The molecule has 0 aliphatic rings. The summed E-state index contributed by atoms with van der Waals surface area (Å²) in [6.45, 7) is 3.44. The normalized spacial score (nSPS) is 10.1. The van der Waals surface area contributed by atoms with E-state index < -0.39 is 22.6 Å². The quantitative estimate of drug-likeness (QED) is 0.633. The number of carbonyl (C=O) groups is 2. The lowest BCUT2D eigenvalue weighted by atomic mass is 10.1. The molecule has 9 heteroatoms. The molecule has 1 heterocycles. The third-order valence-corrected chi connectivity index (χ3v) is 3.01. The van der Waals surface area contributed by atoms with Crippen LogP contribution in [0.2, 0.25) is 0 Å². The van der Waals surface area contributed by atoms with Gasteiger partial charge in [0.05, 0.1) is 6.07 Å². The fraction of sp³-hybridized carbons (Fsp3) is 0.200. The van der Waals surface area contributed by atoms with Crippen molar-refractivity contribution in [2.24, 2.45) is 0 Å². The van der Waals surface area contributed by atoms with E-state index >= 15 is 0 Å². The van der Waals surface area contributed by atoms with Crippen molar-refractivity contribution in [3.05, 3.63) is 57.3 Å². The molecule has 1 aromatic heterocycles. The van der Waals surface area contributed by atoms with Gasteiger partial charge in [0.1, 0.15) is 10.7 Å². The van der Waals surface area contributed by atoms with Crippen molar-refractivity contribution < 1.29 is 23.7 Å². The molecule has 0 bridgehead atoms. The van der Waals surface area contributed by atoms with Crippen molar-refractivity contribution in [1.82, 2.24) is 10.9 Å². The van der Waals surface area contributed by atoms with Gasteiger partial charge >= 0.3 is 11.8 Å². The molecule has 0 atom stereocenters. The maximum atomic E-state index is 11.7. The van der Waals surface area contributed by atoms with E-state index in [0.717, 1.165) is 23.3 Å². The molecule has 0 aliphatic heterocycles. The number of hydrogen-bond acceptors (Lipinski definition) is 6. The molecule has 0 fully saturated rings. The second-order valence-corrected chi connectivity index (χ2v) is 4.95. The zero-order chi connectivity index (χ0) is 17.7. The van der Waals surface area contributed by atoms with Crippen LogP contribution in [0.5, 0.6) is 5.75 Å². The smallest absolute Gasteiger partial charge is 0.433 e. The Morgan fingerprint density at radius 2 is 1.96 bits per heavy atom. The first-order valence-corrected chi connectivity index (χ1v) is 6.90. The summed E-state index contributed by atoms with van der Waals surface area (Å²) in [7, 11) is 0. The lowest BCUT2D eigenvalue weighted by Crippen LogP contribution is -2.43. The van der Waals surface area contributed by atoms with E-state index in [1.807, 2.05) is 26.0 Å². The van der Waals surface area contributed by atoms with Crippen LogP contribution in [-0.4, -0.2) is 23.3 Å². The van der Waals surface area contributed by atoms with Crippen LogP contribution < -0.4 is 15.6 Å². The first kappa shape index (κ1) is 17.0. The molecule has 24 heavy (non-hydrogen) atoms. The Hall–Kier alpha value is -3.36. The van der Waals surface area contributed by atoms with Crippen LogP contribution in [0, 0.1) is 24.0 Å². The van der Waals surface area contributed by atoms with Crippen molar-refractivity contribution in [1.29, 1.82) is 0 Å². The van der Waals surface area contributed by atoms with Gasteiger partial charge in [-0.3, -0.25) is 30.6 Å². The molecule has 0 aliphatic carbocycles. The second kappa shape index (κ2) is 7.27. The Balaban J connectivity index is 1.83. The number of benzene rings is 1. The molecular weight excluding hydrogens is 318 g/mol. The Labute approximate surface area is 136 Å². The molecule has 0 saturated heterocycles. The predicted octanol–water partition coefficient (Wildman–Crippen LogP) is 1.64. The van der Waals surface area contributed by atoms with Gasteiger partial charge in [0.15, 0.2) is 6.61 Å². The average Bonchev–Trinajstić information content (AvgIpc) is 3.03. The maximum Gasteiger partial charge on any atom is 0.433 e. The van der Waals surface area contributed by atoms with E-state index in [1.54, 1.807) is 6.07 Å². The minimum Gasteiger partial charge on any atom is -0.483 e. The van der Waals surface area contributed by atoms with Crippen LogP contribution in [0.4, 0.5) is 5.88 Å². The topological polar surface area (TPSA) is 124 Å². The van der Waals surface area contributed by atoms with Crippen molar-refractivity contribution in [3.8, 4) is 5.75 Å². The summed E-state index contributed by atoms with van der Waals surface area (Å²) in [5.41, 5.74) is 6.07. The van der Waals surface area contributed by atoms with Crippen molar-refractivity contribution in [2.75, 3.05) is 6.61 Å². The molecule has 2 aromatic rings. The SMILES string of the molecule is Cc1ccc(C)c(OCC(=O)NNC(=O)c2ccc([N+](=O)[O-])o2)c1. The van der Waals surface area contributed by atoms with E-state index in [1.165, 1.54) is 0 Å². The lowest BCUT2D eigenvalue weighted by Gasteiger charge is -2.10. The number of amides is 2. The Kier molecular flexibility index (Phi) is 5.15. The predicted molar refractivity (Wildman–Crippen MR) is 82.4 cm³/mol. The summed E-state index contributed by atoms with van der Waals surface area (Å²) in [6, 6.07) is 7.76. The van der Waals surface area contributed by atoms with Crippen LogP contribution in [0.3, 0.4) is 0 Å². The van der Waals surface area contributed by atoms with E-state index in [0.29, 0.717) is 5.75 Å². The number of aryl methyl sites for hydroxylation is 2. The number of nitrogens with zero attached hydrogens (tertiary/aromatic N) is 1. The molecule has 0 spiro atoms. The number of rotatable bonds is 5. The number of furan rings is 1. The van der Waals surface area contributed by atoms with Gasteiger partial charge in [-0.15, -0.1) is 0 Å². The van der Waals surface area contributed by atoms with E-state index in [2.05, 4.69) is 10.9 Å². The van der Waals surface area contributed by atoms with Crippen LogP contribution in [0.25, 0.3) is 0 Å². The largest absolute Gasteiger partial charge is 0.483 e. The van der Waals surface area contributed by atoms with Gasteiger partial charge in [0.25, 0.3) is 5.91 Å². The number of nitrogens with one attached hydrogen (secondary N) is 2. The first-order valence-electron chi connectivity index (χ1n) is 6.90. The standard InChI is InChI=1S/C15H15N3O6/c1-9-3-4-10(2)12(7-9)23-8-13(19)16-17-15(20)11-5-6-14(24-11)18(21)22/h3-7H,8H2,1-2H3,(H,16,19)(H,17,20). The van der Waals surface area contributed by atoms with Gasteiger partial charge in [0.2, 0.25) is 5.76 Å². The summed E-state index contributed by atoms with van der Waals surface area (Å²) in [5.74, 6) is -1.70. The minimum absolute atomic E-state index is 0.294. The molecule has 2 amide bonds. The van der Waals surface area contributed by atoms with E-state index in [9.17, 15) is 19.7 Å². The molecule has 1 aromatic carbocycles. The summed E-state index contributed by atoms with van der Waals surface area (Å²) in [6.07, 6.45) is 0. The Morgan fingerprint density at radius 1 is 1.21 bits per heavy atom. The van der Waals surface area contributed by atoms with E-state index in [4.69, 9.17) is 9.15 Å². The number of carbonyl (C=O) groups excluding carboxylic acids is 2. The lowest BCUT2D eigenvalue weighted by molar-refractivity contribution is -0.402. The van der Waals surface area contributed by atoms with Gasteiger partial charge in [-0.1, -0.05) is 12.1 Å². The van der Waals surface area contributed by atoms with Gasteiger partial charge in [0, 0.05) is 0 Å². The van der Waals surface area contributed by atoms with Crippen molar-refractivity contribution >= 4 is 17.7 Å². The van der Waals surface area contributed by atoms with Gasteiger partial charge < -0.3 is 9.15 Å². The molecule has 0 radical (unpaired) electrons. The van der Waals surface area contributed by atoms with Gasteiger partial charge in [-0.2, -0.15) is 0 Å². The highest BCUT2D eigenvalue weighted by atomic mass is 16.6. The van der Waals surface area contributed by atoms with E-state index in [-0.39, 0.29) is 12.4 Å². The highest BCUT2D eigenvalue weighted by Crippen LogP contribution is 2.18. The first-order chi connectivity index (χ1) is 11.4. The third-order valence-electron chi connectivity index (χ3n) is 3.01. The average molecular weight is 333 g/mol. The minimum atomic E-state index is -0.816. The number of nitro groups is 1.